The molecule has 0 aliphatic carbocycles. The number of nitrogens with one attached hydrogen (secondary N) is 1. The van der Waals surface area contributed by atoms with Crippen LogP contribution in [0.25, 0.3) is 22.0 Å². The van der Waals surface area contributed by atoms with Crippen molar-refractivity contribution in [3.63, 3.8) is 0 Å². The highest BCUT2D eigenvalue weighted by molar-refractivity contribution is 7.99. The predicted molar refractivity (Wildman–Crippen MR) is 123 cm³/mol. The van der Waals surface area contributed by atoms with Gasteiger partial charge in [-0.1, -0.05) is 36.0 Å². The van der Waals surface area contributed by atoms with Gasteiger partial charge in [-0.15, -0.1) is 21.5 Å². The van der Waals surface area contributed by atoms with Crippen molar-refractivity contribution in [2.24, 2.45) is 0 Å². The lowest BCUT2D eigenvalue weighted by molar-refractivity contribution is -0.113. The summed E-state index contributed by atoms with van der Waals surface area (Å²) in [5.74, 6) is 1.02. The Morgan fingerprint density at radius 3 is 2.63 bits per heavy atom. The van der Waals surface area contributed by atoms with Gasteiger partial charge in [-0.25, -0.2) is 4.98 Å². The predicted octanol–water partition coefficient (Wildman–Crippen LogP) is 5.13. The Balaban J connectivity index is 1.40. The standard InChI is InChI=1S/C22H21N5OS2/c1-3-27-20(18-7-5-4-6-15(18)2)25-26-22(27)30-14-19(28)24-17-10-8-16(9-11-17)21-23-12-13-29-21/h4-13H,3,14H2,1-2H3,(H,24,28). The van der Waals surface area contributed by atoms with Crippen LogP contribution in [-0.4, -0.2) is 31.4 Å². The van der Waals surface area contributed by atoms with E-state index < -0.39 is 0 Å². The first kappa shape index (κ1) is 20.3. The van der Waals surface area contributed by atoms with E-state index in [-0.39, 0.29) is 11.7 Å². The summed E-state index contributed by atoms with van der Waals surface area (Å²) in [7, 11) is 0. The summed E-state index contributed by atoms with van der Waals surface area (Å²) in [6.07, 6.45) is 1.78. The van der Waals surface area contributed by atoms with Crippen LogP contribution in [-0.2, 0) is 11.3 Å². The number of hydrogen-bond acceptors (Lipinski definition) is 6. The Labute approximate surface area is 183 Å². The second kappa shape index (κ2) is 9.23. The number of nitrogens with zero attached hydrogens (tertiary/aromatic N) is 4. The minimum Gasteiger partial charge on any atom is -0.325 e. The number of rotatable bonds is 7. The number of thioether (sulfide) groups is 1. The molecule has 0 unspecified atom stereocenters. The molecule has 1 N–H and O–H groups in total. The molecule has 0 saturated carbocycles. The number of carbonyl (C=O) groups excluding carboxylic acids is 1. The molecule has 0 atom stereocenters. The molecule has 0 aliphatic rings. The van der Waals surface area contributed by atoms with Crippen LogP contribution in [0.4, 0.5) is 5.69 Å². The van der Waals surface area contributed by atoms with Crippen LogP contribution in [0, 0.1) is 6.92 Å². The van der Waals surface area contributed by atoms with E-state index in [1.54, 1.807) is 17.5 Å². The summed E-state index contributed by atoms with van der Waals surface area (Å²) < 4.78 is 2.04. The maximum absolute atomic E-state index is 12.4. The second-order valence-electron chi connectivity index (χ2n) is 6.62. The first-order chi connectivity index (χ1) is 14.7. The Bertz CT molecular complexity index is 1140. The molecule has 2 aromatic heterocycles. The summed E-state index contributed by atoms with van der Waals surface area (Å²) >= 11 is 2.98. The van der Waals surface area contributed by atoms with E-state index >= 15 is 0 Å². The summed E-state index contributed by atoms with van der Waals surface area (Å²) in [5.41, 5.74) is 4.01. The van der Waals surface area contributed by atoms with Gasteiger partial charge in [0.15, 0.2) is 11.0 Å². The molecule has 0 saturated heterocycles. The number of aromatic nitrogens is 4. The second-order valence-corrected chi connectivity index (χ2v) is 8.45. The molecule has 0 spiro atoms. The normalized spacial score (nSPS) is 10.9. The fraction of sp³-hybridized carbons (Fsp3) is 0.182. The van der Waals surface area contributed by atoms with Gasteiger partial charge in [-0.2, -0.15) is 0 Å². The molecular weight excluding hydrogens is 414 g/mol. The molecule has 0 radical (unpaired) electrons. The molecule has 4 rings (SSSR count). The van der Waals surface area contributed by atoms with Gasteiger partial charge in [0, 0.05) is 34.9 Å². The van der Waals surface area contributed by atoms with Gasteiger partial charge in [0.05, 0.1) is 5.75 Å². The van der Waals surface area contributed by atoms with Crippen LogP contribution >= 0.6 is 23.1 Å². The van der Waals surface area contributed by atoms with E-state index in [1.807, 2.05) is 52.4 Å². The maximum atomic E-state index is 12.4. The SMILES string of the molecule is CCn1c(SCC(=O)Nc2ccc(-c3nccs3)cc2)nnc1-c1ccccc1C. The molecule has 8 heteroatoms. The summed E-state index contributed by atoms with van der Waals surface area (Å²) in [5, 5.41) is 15.3. The Morgan fingerprint density at radius 1 is 1.13 bits per heavy atom. The molecule has 2 heterocycles. The van der Waals surface area contributed by atoms with Crippen LogP contribution in [0.3, 0.4) is 0 Å². The van der Waals surface area contributed by atoms with E-state index in [0.29, 0.717) is 0 Å². The number of carbonyl (C=O) groups is 1. The van der Waals surface area contributed by atoms with Crippen molar-refractivity contribution in [3.8, 4) is 22.0 Å². The highest BCUT2D eigenvalue weighted by Gasteiger charge is 2.16. The zero-order chi connectivity index (χ0) is 20.9. The van der Waals surface area contributed by atoms with Gasteiger partial charge < -0.3 is 9.88 Å². The quantitative estimate of drug-likeness (QED) is 0.408. The fourth-order valence-corrected chi connectivity index (χ4v) is 4.54. The van der Waals surface area contributed by atoms with Crippen molar-refractivity contribution in [1.82, 2.24) is 19.7 Å². The van der Waals surface area contributed by atoms with Gasteiger partial charge in [0.2, 0.25) is 5.91 Å². The minimum absolute atomic E-state index is 0.0786. The fourth-order valence-electron chi connectivity index (χ4n) is 3.09. The van der Waals surface area contributed by atoms with Crippen LogP contribution in [0.2, 0.25) is 0 Å². The molecule has 4 aromatic rings. The Hall–Kier alpha value is -2.97. The number of aryl methyl sites for hydroxylation is 1. The lowest BCUT2D eigenvalue weighted by Gasteiger charge is -2.09. The summed E-state index contributed by atoms with van der Waals surface area (Å²) in [6, 6.07) is 15.8. The first-order valence-electron chi connectivity index (χ1n) is 9.57. The average Bonchev–Trinajstić information content (AvgIpc) is 3.43. The molecule has 30 heavy (non-hydrogen) atoms. The largest absolute Gasteiger partial charge is 0.325 e. The highest BCUT2D eigenvalue weighted by Crippen LogP contribution is 2.27. The molecule has 6 nitrogen and oxygen atoms in total. The zero-order valence-corrected chi connectivity index (χ0v) is 18.3. The van der Waals surface area contributed by atoms with E-state index in [1.165, 1.54) is 11.8 Å². The molecule has 0 bridgehead atoms. The molecule has 2 aromatic carbocycles. The molecular formula is C22H21N5OS2. The summed E-state index contributed by atoms with van der Waals surface area (Å²) in [4.78, 5) is 16.7. The van der Waals surface area contributed by atoms with Gasteiger partial charge >= 0.3 is 0 Å². The van der Waals surface area contributed by atoms with Crippen molar-refractivity contribution in [2.45, 2.75) is 25.5 Å². The molecule has 152 valence electrons. The monoisotopic (exact) mass is 435 g/mol. The molecule has 0 aliphatic heterocycles. The van der Waals surface area contributed by atoms with Crippen LogP contribution in [0.1, 0.15) is 12.5 Å². The van der Waals surface area contributed by atoms with Gasteiger partial charge in [-0.3, -0.25) is 4.79 Å². The lowest BCUT2D eigenvalue weighted by atomic mass is 10.1. The third kappa shape index (κ3) is 4.44. The van der Waals surface area contributed by atoms with Crippen molar-refractivity contribution < 1.29 is 4.79 Å². The van der Waals surface area contributed by atoms with Crippen molar-refractivity contribution in [1.29, 1.82) is 0 Å². The number of benzene rings is 2. The van der Waals surface area contributed by atoms with E-state index in [0.717, 1.165) is 44.9 Å². The minimum atomic E-state index is -0.0786. The third-order valence-electron chi connectivity index (χ3n) is 4.60. The maximum Gasteiger partial charge on any atom is 0.234 e. The molecule has 0 fully saturated rings. The number of amides is 1. The van der Waals surface area contributed by atoms with Crippen LogP contribution < -0.4 is 5.32 Å². The van der Waals surface area contributed by atoms with E-state index in [9.17, 15) is 4.79 Å². The highest BCUT2D eigenvalue weighted by atomic mass is 32.2. The van der Waals surface area contributed by atoms with Gasteiger partial charge in [0.1, 0.15) is 5.01 Å². The lowest BCUT2D eigenvalue weighted by Crippen LogP contribution is -2.14. The number of hydrogen-bond donors (Lipinski definition) is 1. The Morgan fingerprint density at radius 2 is 1.93 bits per heavy atom. The van der Waals surface area contributed by atoms with Gasteiger partial charge in [0.25, 0.3) is 0 Å². The van der Waals surface area contributed by atoms with E-state index in [4.69, 9.17) is 0 Å². The first-order valence-corrected chi connectivity index (χ1v) is 11.4. The van der Waals surface area contributed by atoms with Crippen molar-refractivity contribution in [2.75, 3.05) is 11.1 Å². The third-order valence-corrected chi connectivity index (χ3v) is 6.39. The Kier molecular flexibility index (Phi) is 6.25. The zero-order valence-electron chi connectivity index (χ0n) is 16.7. The topological polar surface area (TPSA) is 72.7 Å². The van der Waals surface area contributed by atoms with Crippen molar-refractivity contribution in [3.05, 3.63) is 65.7 Å². The smallest absolute Gasteiger partial charge is 0.234 e. The average molecular weight is 436 g/mol. The van der Waals surface area contributed by atoms with Crippen molar-refractivity contribution >= 4 is 34.7 Å². The van der Waals surface area contributed by atoms with E-state index in [2.05, 4.69) is 40.4 Å². The molecule has 1 amide bonds. The number of anilines is 1. The van der Waals surface area contributed by atoms with Crippen LogP contribution in [0.15, 0.2) is 65.3 Å². The van der Waals surface area contributed by atoms with Gasteiger partial charge in [-0.05, 0) is 43.7 Å². The summed E-state index contributed by atoms with van der Waals surface area (Å²) in [6.45, 7) is 4.85. The number of thiazole rings is 1. The van der Waals surface area contributed by atoms with Crippen LogP contribution in [0.5, 0.6) is 0 Å².